The lowest BCUT2D eigenvalue weighted by molar-refractivity contribution is 0.349. The van der Waals surface area contributed by atoms with Gasteiger partial charge in [-0.05, 0) is 39.5 Å². The van der Waals surface area contributed by atoms with Crippen molar-refractivity contribution in [1.29, 1.82) is 0 Å². The standard InChI is InChI=1S/C14H23N3/c1-10(13-6-4-5-7-13)17-12(3)14-11(2)15-8-9-16-14/h8-10,12-13,17H,4-7H2,1-3H3/t10-,12?/m0/s1. The van der Waals surface area contributed by atoms with E-state index in [4.69, 9.17) is 0 Å². The Morgan fingerprint density at radius 3 is 2.47 bits per heavy atom. The first-order valence-electron chi connectivity index (χ1n) is 6.72. The van der Waals surface area contributed by atoms with Gasteiger partial charge in [0, 0.05) is 24.5 Å². The summed E-state index contributed by atoms with van der Waals surface area (Å²) in [5.74, 6) is 0.842. The molecule has 0 aromatic carbocycles. The number of rotatable bonds is 4. The summed E-state index contributed by atoms with van der Waals surface area (Å²) in [5, 5.41) is 3.68. The Hall–Kier alpha value is -0.960. The summed E-state index contributed by atoms with van der Waals surface area (Å²) in [6, 6.07) is 0.869. The fraction of sp³-hybridized carbons (Fsp3) is 0.714. The fourth-order valence-electron chi connectivity index (χ4n) is 2.91. The largest absolute Gasteiger partial charge is 0.306 e. The van der Waals surface area contributed by atoms with Crippen LogP contribution in [0.3, 0.4) is 0 Å². The highest BCUT2D eigenvalue weighted by Crippen LogP contribution is 2.28. The van der Waals surface area contributed by atoms with Crippen molar-refractivity contribution in [2.24, 2.45) is 5.92 Å². The van der Waals surface area contributed by atoms with Crippen LogP contribution in [-0.2, 0) is 0 Å². The third-order valence-corrected chi connectivity index (χ3v) is 3.95. The molecular formula is C14H23N3. The molecule has 0 amide bonds. The Morgan fingerprint density at radius 1 is 1.18 bits per heavy atom. The summed E-state index contributed by atoms with van der Waals surface area (Å²) in [7, 11) is 0. The van der Waals surface area contributed by atoms with Gasteiger partial charge in [-0.1, -0.05) is 12.8 Å². The molecular weight excluding hydrogens is 210 g/mol. The highest BCUT2D eigenvalue weighted by atomic mass is 15.0. The van der Waals surface area contributed by atoms with Gasteiger partial charge < -0.3 is 5.32 Å². The van der Waals surface area contributed by atoms with Gasteiger partial charge in [0.2, 0.25) is 0 Å². The summed E-state index contributed by atoms with van der Waals surface area (Å²) >= 11 is 0. The molecule has 1 saturated carbocycles. The molecule has 94 valence electrons. The third-order valence-electron chi connectivity index (χ3n) is 3.95. The van der Waals surface area contributed by atoms with Crippen LogP contribution in [0.1, 0.15) is 57.0 Å². The van der Waals surface area contributed by atoms with E-state index in [0.717, 1.165) is 17.3 Å². The second-order valence-electron chi connectivity index (χ2n) is 5.25. The Kier molecular flexibility index (Phi) is 4.11. The van der Waals surface area contributed by atoms with Crippen LogP contribution in [0, 0.1) is 12.8 Å². The maximum atomic E-state index is 4.43. The van der Waals surface area contributed by atoms with Crippen LogP contribution in [0.5, 0.6) is 0 Å². The predicted molar refractivity (Wildman–Crippen MR) is 69.7 cm³/mol. The SMILES string of the molecule is Cc1nccnc1C(C)N[C@@H](C)C1CCCC1. The lowest BCUT2D eigenvalue weighted by atomic mass is 9.98. The van der Waals surface area contributed by atoms with Gasteiger partial charge in [-0.2, -0.15) is 0 Å². The Bertz CT molecular complexity index is 358. The van der Waals surface area contributed by atoms with Gasteiger partial charge in [0.1, 0.15) is 0 Å². The van der Waals surface area contributed by atoms with Gasteiger partial charge in [0.25, 0.3) is 0 Å². The lowest BCUT2D eigenvalue weighted by Gasteiger charge is -2.25. The van der Waals surface area contributed by atoms with Crippen molar-refractivity contribution >= 4 is 0 Å². The predicted octanol–water partition coefficient (Wildman–Crippen LogP) is 3.01. The maximum Gasteiger partial charge on any atom is 0.0782 e. The van der Waals surface area contributed by atoms with E-state index in [1.165, 1.54) is 25.7 Å². The first-order valence-corrected chi connectivity index (χ1v) is 6.72. The van der Waals surface area contributed by atoms with Gasteiger partial charge in [-0.3, -0.25) is 9.97 Å². The van der Waals surface area contributed by atoms with E-state index >= 15 is 0 Å². The Morgan fingerprint density at radius 2 is 1.82 bits per heavy atom. The van der Waals surface area contributed by atoms with Gasteiger partial charge in [0.15, 0.2) is 0 Å². The minimum atomic E-state index is 0.291. The van der Waals surface area contributed by atoms with Gasteiger partial charge in [-0.15, -0.1) is 0 Å². The Labute approximate surface area is 104 Å². The number of aryl methyl sites for hydroxylation is 1. The quantitative estimate of drug-likeness (QED) is 0.868. The van der Waals surface area contributed by atoms with Crippen molar-refractivity contribution in [3.63, 3.8) is 0 Å². The average molecular weight is 233 g/mol. The molecule has 0 bridgehead atoms. The first-order chi connectivity index (χ1) is 8.18. The van der Waals surface area contributed by atoms with Crippen LogP contribution < -0.4 is 5.32 Å². The molecule has 1 aromatic rings. The average Bonchev–Trinajstić information content (AvgIpc) is 2.82. The van der Waals surface area contributed by atoms with Gasteiger partial charge in [0.05, 0.1) is 11.4 Å². The monoisotopic (exact) mass is 233 g/mol. The zero-order valence-electron chi connectivity index (χ0n) is 11.1. The normalized spacial score (nSPS) is 20.4. The van der Waals surface area contributed by atoms with Crippen molar-refractivity contribution in [2.75, 3.05) is 0 Å². The molecule has 2 rings (SSSR count). The summed E-state index contributed by atoms with van der Waals surface area (Å²) in [6.45, 7) is 6.52. The molecule has 17 heavy (non-hydrogen) atoms. The second-order valence-corrected chi connectivity index (χ2v) is 5.25. The topological polar surface area (TPSA) is 37.8 Å². The van der Waals surface area contributed by atoms with Crippen LogP contribution in [0.4, 0.5) is 0 Å². The van der Waals surface area contributed by atoms with E-state index in [0.29, 0.717) is 12.1 Å². The van der Waals surface area contributed by atoms with Gasteiger partial charge in [-0.25, -0.2) is 0 Å². The smallest absolute Gasteiger partial charge is 0.0782 e. The minimum absolute atomic E-state index is 0.291. The number of nitrogens with zero attached hydrogens (tertiary/aromatic N) is 2. The van der Waals surface area contributed by atoms with Crippen molar-refractivity contribution in [3.8, 4) is 0 Å². The number of aromatic nitrogens is 2. The van der Waals surface area contributed by atoms with E-state index in [-0.39, 0.29) is 0 Å². The molecule has 3 nitrogen and oxygen atoms in total. The zero-order valence-corrected chi connectivity index (χ0v) is 11.1. The van der Waals surface area contributed by atoms with E-state index in [1.54, 1.807) is 12.4 Å². The highest BCUT2D eigenvalue weighted by Gasteiger charge is 2.23. The zero-order chi connectivity index (χ0) is 12.3. The number of hydrogen-bond donors (Lipinski definition) is 1. The van der Waals surface area contributed by atoms with Crippen LogP contribution in [0.15, 0.2) is 12.4 Å². The maximum absolute atomic E-state index is 4.43. The second kappa shape index (κ2) is 5.58. The lowest BCUT2D eigenvalue weighted by Crippen LogP contribution is -2.35. The molecule has 0 saturated heterocycles. The highest BCUT2D eigenvalue weighted by molar-refractivity contribution is 5.12. The minimum Gasteiger partial charge on any atom is -0.306 e. The molecule has 1 heterocycles. The van der Waals surface area contributed by atoms with E-state index in [1.807, 2.05) is 6.92 Å². The molecule has 2 atom stereocenters. The molecule has 0 radical (unpaired) electrons. The first kappa shape index (κ1) is 12.5. The van der Waals surface area contributed by atoms with Crippen LogP contribution >= 0.6 is 0 Å². The van der Waals surface area contributed by atoms with Crippen LogP contribution in [-0.4, -0.2) is 16.0 Å². The van der Waals surface area contributed by atoms with Crippen molar-refractivity contribution in [2.45, 2.75) is 58.5 Å². The Balaban J connectivity index is 1.96. The number of nitrogens with one attached hydrogen (secondary N) is 1. The molecule has 1 N–H and O–H groups in total. The number of hydrogen-bond acceptors (Lipinski definition) is 3. The molecule has 1 fully saturated rings. The van der Waals surface area contributed by atoms with Crippen molar-refractivity contribution in [1.82, 2.24) is 15.3 Å². The van der Waals surface area contributed by atoms with Crippen molar-refractivity contribution in [3.05, 3.63) is 23.8 Å². The molecule has 1 aromatic heterocycles. The summed E-state index contributed by atoms with van der Waals surface area (Å²) in [5.41, 5.74) is 2.11. The fourth-order valence-corrected chi connectivity index (χ4v) is 2.91. The summed E-state index contributed by atoms with van der Waals surface area (Å²) in [6.07, 6.45) is 9.08. The van der Waals surface area contributed by atoms with E-state index < -0.39 is 0 Å². The molecule has 1 aliphatic carbocycles. The molecule has 1 aliphatic rings. The molecule has 1 unspecified atom stereocenters. The summed E-state index contributed by atoms with van der Waals surface area (Å²) in [4.78, 5) is 8.74. The van der Waals surface area contributed by atoms with Crippen molar-refractivity contribution < 1.29 is 0 Å². The van der Waals surface area contributed by atoms with E-state index in [9.17, 15) is 0 Å². The molecule has 0 spiro atoms. The third kappa shape index (κ3) is 3.03. The summed E-state index contributed by atoms with van der Waals surface area (Å²) < 4.78 is 0. The molecule has 0 aliphatic heterocycles. The van der Waals surface area contributed by atoms with Crippen LogP contribution in [0.25, 0.3) is 0 Å². The van der Waals surface area contributed by atoms with Gasteiger partial charge >= 0.3 is 0 Å². The van der Waals surface area contributed by atoms with E-state index in [2.05, 4.69) is 29.1 Å². The van der Waals surface area contributed by atoms with Crippen LogP contribution in [0.2, 0.25) is 0 Å². The molecule has 3 heteroatoms.